The van der Waals surface area contributed by atoms with E-state index in [4.69, 9.17) is 0 Å². The standard InChI is InChI=1S/C9H9IN4/c10-7-1-2-9(11-5-7)12-6-8-3-4-13-14-8/h1-5H,6H2,(H,11,12)(H,13,14). The van der Waals surface area contributed by atoms with Gasteiger partial charge >= 0.3 is 0 Å². The van der Waals surface area contributed by atoms with Gasteiger partial charge in [0.25, 0.3) is 0 Å². The largest absolute Gasteiger partial charge is 0.364 e. The second-order valence-corrected chi connectivity index (χ2v) is 4.04. The third kappa shape index (κ3) is 2.44. The first kappa shape index (κ1) is 9.45. The zero-order valence-electron chi connectivity index (χ0n) is 7.37. The van der Waals surface area contributed by atoms with Crippen LogP contribution in [-0.2, 0) is 6.54 Å². The molecule has 0 spiro atoms. The molecule has 0 aliphatic rings. The summed E-state index contributed by atoms with van der Waals surface area (Å²) in [6, 6.07) is 5.90. The summed E-state index contributed by atoms with van der Waals surface area (Å²) in [5.41, 5.74) is 1.05. The number of aromatic amines is 1. The molecular formula is C9H9IN4. The molecule has 0 aromatic carbocycles. The summed E-state index contributed by atoms with van der Waals surface area (Å²) in [5.74, 6) is 0.875. The number of H-pyrrole nitrogens is 1. The lowest BCUT2D eigenvalue weighted by Crippen LogP contribution is -2.01. The van der Waals surface area contributed by atoms with Crippen molar-refractivity contribution in [3.05, 3.63) is 39.9 Å². The Kier molecular flexibility index (Phi) is 2.97. The summed E-state index contributed by atoms with van der Waals surface area (Å²) in [6.07, 6.45) is 3.56. The van der Waals surface area contributed by atoms with Crippen LogP contribution in [0.15, 0.2) is 30.6 Å². The van der Waals surface area contributed by atoms with Crippen LogP contribution in [-0.4, -0.2) is 15.2 Å². The molecule has 72 valence electrons. The van der Waals surface area contributed by atoms with Crippen molar-refractivity contribution in [2.45, 2.75) is 6.54 Å². The first-order chi connectivity index (χ1) is 6.84. The van der Waals surface area contributed by atoms with Gasteiger partial charge in [-0.1, -0.05) is 0 Å². The molecule has 0 aliphatic heterocycles. The number of nitrogens with zero attached hydrogens (tertiary/aromatic N) is 2. The van der Waals surface area contributed by atoms with E-state index in [2.05, 4.69) is 43.1 Å². The van der Waals surface area contributed by atoms with Gasteiger partial charge in [0.2, 0.25) is 0 Å². The molecule has 2 aromatic rings. The van der Waals surface area contributed by atoms with Crippen molar-refractivity contribution in [3.8, 4) is 0 Å². The molecule has 2 heterocycles. The number of rotatable bonds is 3. The third-order valence-corrected chi connectivity index (χ3v) is 2.38. The fourth-order valence-corrected chi connectivity index (χ4v) is 1.37. The van der Waals surface area contributed by atoms with Crippen LogP contribution in [0.5, 0.6) is 0 Å². The van der Waals surface area contributed by atoms with Crippen molar-refractivity contribution in [2.75, 3.05) is 5.32 Å². The summed E-state index contributed by atoms with van der Waals surface area (Å²) in [4.78, 5) is 4.22. The van der Waals surface area contributed by atoms with E-state index in [1.54, 1.807) is 6.20 Å². The van der Waals surface area contributed by atoms with Crippen LogP contribution in [0.2, 0.25) is 0 Å². The van der Waals surface area contributed by atoms with Gasteiger partial charge in [0, 0.05) is 16.0 Å². The van der Waals surface area contributed by atoms with E-state index in [0.717, 1.165) is 15.1 Å². The van der Waals surface area contributed by atoms with Crippen LogP contribution in [0.25, 0.3) is 0 Å². The number of halogens is 1. The van der Waals surface area contributed by atoms with Gasteiger partial charge in [-0.05, 0) is 40.8 Å². The lowest BCUT2D eigenvalue weighted by atomic mass is 10.4. The second-order valence-electron chi connectivity index (χ2n) is 2.80. The zero-order valence-corrected chi connectivity index (χ0v) is 9.52. The Bertz CT molecular complexity index is 382. The average molecular weight is 300 g/mol. The van der Waals surface area contributed by atoms with Crippen molar-refractivity contribution >= 4 is 28.4 Å². The minimum Gasteiger partial charge on any atom is -0.364 e. The lowest BCUT2D eigenvalue weighted by molar-refractivity contribution is 0.974. The SMILES string of the molecule is Ic1ccc(NCc2ccn[nH]2)nc1. The number of nitrogens with one attached hydrogen (secondary N) is 2. The normalized spacial score (nSPS) is 10.1. The summed E-state index contributed by atoms with van der Waals surface area (Å²) in [6.45, 7) is 0.716. The second kappa shape index (κ2) is 4.41. The fourth-order valence-electron chi connectivity index (χ4n) is 1.05. The molecule has 0 saturated heterocycles. The lowest BCUT2D eigenvalue weighted by Gasteiger charge is -2.02. The van der Waals surface area contributed by atoms with E-state index in [1.807, 2.05) is 24.4 Å². The predicted octanol–water partition coefficient (Wildman–Crippen LogP) is 2.02. The maximum Gasteiger partial charge on any atom is 0.126 e. The van der Waals surface area contributed by atoms with Crippen LogP contribution in [0.4, 0.5) is 5.82 Å². The molecule has 4 nitrogen and oxygen atoms in total. The van der Waals surface area contributed by atoms with Gasteiger partial charge in [0.1, 0.15) is 5.82 Å². The fraction of sp³-hybridized carbons (Fsp3) is 0.111. The van der Waals surface area contributed by atoms with Crippen molar-refractivity contribution in [3.63, 3.8) is 0 Å². The minimum atomic E-state index is 0.716. The van der Waals surface area contributed by atoms with E-state index in [-0.39, 0.29) is 0 Å². The van der Waals surface area contributed by atoms with Crippen molar-refractivity contribution in [1.29, 1.82) is 0 Å². The Morgan fingerprint density at radius 1 is 1.36 bits per heavy atom. The van der Waals surface area contributed by atoms with Crippen LogP contribution in [0, 0.1) is 3.57 Å². The summed E-state index contributed by atoms with van der Waals surface area (Å²) >= 11 is 2.23. The summed E-state index contributed by atoms with van der Waals surface area (Å²) in [5, 5.41) is 9.93. The Morgan fingerprint density at radius 3 is 2.93 bits per heavy atom. The Morgan fingerprint density at radius 2 is 2.29 bits per heavy atom. The maximum absolute atomic E-state index is 4.22. The Balaban J connectivity index is 1.95. The molecule has 0 unspecified atom stereocenters. The van der Waals surface area contributed by atoms with E-state index in [9.17, 15) is 0 Å². The third-order valence-electron chi connectivity index (χ3n) is 1.75. The van der Waals surface area contributed by atoms with Crippen molar-refractivity contribution in [2.24, 2.45) is 0 Å². The van der Waals surface area contributed by atoms with Gasteiger partial charge in [-0.25, -0.2) is 4.98 Å². The molecule has 2 aromatic heterocycles. The Hall–Kier alpha value is -1.11. The van der Waals surface area contributed by atoms with Crippen LogP contribution in [0.1, 0.15) is 5.69 Å². The topological polar surface area (TPSA) is 53.6 Å². The predicted molar refractivity (Wildman–Crippen MR) is 62.9 cm³/mol. The molecule has 0 fully saturated rings. The number of hydrogen-bond donors (Lipinski definition) is 2. The van der Waals surface area contributed by atoms with Crippen molar-refractivity contribution < 1.29 is 0 Å². The molecule has 0 atom stereocenters. The first-order valence-electron chi connectivity index (χ1n) is 4.18. The van der Waals surface area contributed by atoms with Crippen LogP contribution >= 0.6 is 22.6 Å². The van der Waals surface area contributed by atoms with Gasteiger partial charge in [0.15, 0.2) is 0 Å². The number of anilines is 1. The van der Waals surface area contributed by atoms with Crippen molar-refractivity contribution in [1.82, 2.24) is 15.2 Å². The van der Waals surface area contributed by atoms with E-state index >= 15 is 0 Å². The van der Waals surface area contributed by atoms with Gasteiger partial charge in [0.05, 0.1) is 12.2 Å². The minimum absolute atomic E-state index is 0.716. The van der Waals surface area contributed by atoms with Crippen LogP contribution < -0.4 is 5.32 Å². The smallest absolute Gasteiger partial charge is 0.126 e. The first-order valence-corrected chi connectivity index (χ1v) is 5.26. The molecule has 0 amide bonds. The molecule has 2 N–H and O–H groups in total. The van der Waals surface area contributed by atoms with E-state index in [0.29, 0.717) is 6.54 Å². The average Bonchev–Trinajstić information content (AvgIpc) is 2.70. The van der Waals surface area contributed by atoms with Gasteiger partial charge in [-0.3, -0.25) is 5.10 Å². The highest BCUT2D eigenvalue weighted by Crippen LogP contribution is 2.07. The van der Waals surface area contributed by atoms with E-state index in [1.165, 1.54) is 0 Å². The number of hydrogen-bond acceptors (Lipinski definition) is 3. The summed E-state index contributed by atoms with van der Waals surface area (Å²) < 4.78 is 1.13. The van der Waals surface area contributed by atoms with Gasteiger partial charge in [-0.15, -0.1) is 0 Å². The van der Waals surface area contributed by atoms with E-state index < -0.39 is 0 Å². The molecule has 2 rings (SSSR count). The molecule has 0 saturated carbocycles. The molecular weight excluding hydrogens is 291 g/mol. The Labute approximate surface area is 95.3 Å². The summed E-state index contributed by atoms with van der Waals surface area (Å²) in [7, 11) is 0. The highest BCUT2D eigenvalue weighted by Gasteiger charge is 1.95. The number of aromatic nitrogens is 3. The number of pyridine rings is 1. The maximum atomic E-state index is 4.22. The highest BCUT2D eigenvalue weighted by molar-refractivity contribution is 14.1. The monoisotopic (exact) mass is 300 g/mol. The molecule has 5 heteroatoms. The highest BCUT2D eigenvalue weighted by atomic mass is 127. The molecule has 14 heavy (non-hydrogen) atoms. The molecule has 0 radical (unpaired) electrons. The van der Waals surface area contributed by atoms with Gasteiger partial charge in [-0.2, -0.15) is 5.10 Å². The molecule has 0 bridgehead atoms. The van der Waals surface area contributed by atoms with Crippen LogP contribution in [0.3, 0.4) is 0 Å². The quantitative estimate of drug-likeness (QED) is 0.853. The molecule has 0 aliphatic carbocycles. The van der Waals surface area contributed by atoms with Gasteiger partial charge < -0.3 is 5.32 Å². The zero-order chi connectivity index (χ0) is 9.80.